The lowest BCUT2D eigenvalue weighted by molar-refractivity contribution is -0.124. The molecule has 3 aromatic carbocycles. The molecule has 0 unspecified atom stereocenters. The number of rotatable bonds is 5. The Kier molecular flexibility index (Phi) is 6.40. The molecule has 0 saturated heterocycles. The van der Waals surface area contributed by atoms with Crippen LogP contribution in [0.3, 0.4) is 0 Å². The molecule has 6 nitrogen and oxygen atoms in total. The maximum Gasteiger partial charge on any atom is 0.259 e. The fourth-order valence-corrected chi connectivity index (χ4v) is 4.96. The molecular weight excluding hydrogens is 487 g/mol. The Morgan fingerprint density at radius 3 is 2.66 bits per heavy atom. The summed E-state index contributed by atoms with van der Waals surface area (Å²) < 4.78 is 14.1. The normalized spacial score (nSPS) is 17.3. The Balaban J connectivity index is 1.40. The van der Waals surface area contributed by atoms with Crippen LogP contribution in [0.15, 0.2) is 82.8 Å². The lowest BCUT2D eigenvalue weighted by Gasteiger charge is -2.27. The molecule has 35 heavy (non-hydrogen) atoms. The number of nitrogens with one attached hydrogen (secondary N) is 1. The summed E-state index contributed by atoms with van der Waals surface area (Å²) in [4.78, 5) is 37.2. The minimum absolute atomic E-state index is 0.0326. The van der Waals surface area contributed by atoms with Crippen molar-refractivity contribution in [3.63, 3.8) is 0 Å². The molecule has 2 atom stereocenters. The van der Waals surface area contributed by atoms with Crippen LogP contribution in [0.1, 0.15) is 18.1 Å². The summed E-state index contributed by atoms with van der Waals surface area (Å²) in [6.45, 7) is 1.68. The average molecular weight is 507 g/mol. The highest BCUT2D eigenvalue weighted by atomic mass is 35.5. The Labute approximate surface area is 210 Å². The van der Waals surface area contributed by atoms with Crippen LogP contribution >= 0.6 is 23.4 Å². The summed E-state index contributed by atoms with van der Waals surface area (Å²) in [5.74, 6) is -0.718. The molecule has 0 bridgehead atoms. The molecule has 0 spiro atoms. The van der Waals surface area contributed by atoms with Gasteiger partial charge in [0.15, 0.2) is 5.17 Å². The van der Waals surface area contributed by atoms with Gasteiger partial charge in [0, 0.05) is 17.0 Å². The first-order valence-electron chi connectivity index (χ1n) is 11.0. The van der Waals surface area contributed by atoms with E-state index < -0.39 is 23.0 Å². The summed E-state index contributed by atoms with van der Waals surface area (Å²) in [5.41, 5.74) is 2.48. The van der Waals surface area contributed by atoms with E-state index in [-0.39, 0.29) is 16.6 Å². The second-order valence-corrected chi connectivity index (χ2v) is 9.86. The molecular formula is C26H20ClFN4O2S. The number of benzene rings is 3. The van der Waals surface area contributed by atoms with Crippen LogP contribution in [0.25, 0.3) is 0 Å². The number of halogens is 2. The third-order valence-electron chi connectivity index (χ3n) is 5.66. The zero-order chi connectivity index (χ0) is 24.5. The van der Waals surface area contributed by atoms with Crippen molar-refractivity contribution >= 4 is 57.6 Å². The van der Waals surface area contributed by atoms with Crippen LogP contribution in [0.5, 0.6) is 0 Å². The zero-order valence-electron chi connectivity index (χ0n) is 18.6. The maximum absolute atomic E-state index is 14.1. The number of thioether (sulfide) groups is 1. The van der Waals surface area contributed by atoms with Crippen LogP contribution in [-0.4, -0.2) is 39.0 Å². The van der Waals surface area contributed by atoms with Gasteiger partial charge in [-0.3, -0.25) is 14.6 Å². The predicted molar refractivity (Wildman–Crippen MR) is 138 cm³/mol. The number of carbonyl (C=O) groups excluding carboxylic acids is 2. The van der Waals surface area contributed by atoms with Gasteiger partial charge in [0.05, 0.1) is 16.6 Å². The van der Waals surface area contributed by atoms with Gasteiger partial charge < -0.3 is 5.32 Å². The Hall–Kier alpha value is -3.49. The molecule has 5 rings (SSSR count). The molecule has 176 valence electrons. The fourth-order valence-electron chi connectivity index (χ4n) is 3.89. The Morgan fingerprint density at radius 2 is 1.89 bits per heavy atom. The van der Waals surface area contributed by atoms with Crippen molar-refractivity contribution < 1.29 is 14.0 Å². The van der Waals surface area contributed by atoms with Gasteiger partial charge in [-0.05, 0) is 42.8 Å². The van der Waals surface area contributed by atoms with Gasteiger partial charge in [0.1, 0.15) is 17.7 Å². The molecule has 3 aromatic rings. The van der Waals surface area contributed by atoms with Crippen molar-refractivity contribution in [3.8, 4) is 0 Å². The third-order valence-corrected chi connectivity index (χ3v) is 6.95. The Morgan fingerprint density at radius 1 is 1.14 bits per heavy atom. The summed E-state index contributed by atoms with van der Waals surface area (Å²) >= 11 is 6.92. The molecule has 0 aromatic heterocycles. The third kappa shape index (κ3) is 4.72. The molecule has 0 aliphatic carbocycles. The van der Waals surface area contributed by atoms with E-state index in [1.54, 1.807) is 6.92 Å². The van der Waals surface area contributed by atoms with Gasteiger partial charge in [-0.25, -0.2) is 14.3 Å². The summed E-state index contributed by atoms with van der Waals surface area (Å²) in [6.07, 6.45) is 0.464. The van der Waals surface area contributed by atoms with E-state index in [4.69, 9.17) is 16.6 Å². The van der Waals surface area contributed by atoms with Gasteiger partial charge >= 0.3 is 0 Å². The van der Waals surface area contributed by atoms with Crippen molar-refractivity contribution in [3.05, 3.63) is 94.8 Å². The van der Waals surface area contributed by atoms with Crippen molar-refractivity contribution in [1.82, 2.24) is 4.90 Å². The minimum atomic E-state index is -0.670. The number of fused-ring (bicyclic) bond motifs is 3. The highest BCUT2D eigenvalue weighted by Crippen LogP contribution is 2.35. The highest BCUT2D eigenvalue weighted by molar-refractivity contribution is 8.15. The van der Waals surface area contributed by atoms with E-state index in [0.717, 1.165) is 29.0 Å². The number of amides is 2. The van der Waals surface area contributed by atoms with Crippen LogP contribution < -0.4 is 5.32 Å². The summed E-state index contributed by atoms with van der Waals surface area (Å²) in [6, 6.07) is 20.6. The number of nitrogens with zero attached hydrogens (tertiary/aromatic N) is 3. The van der Waals surface area contributed by atoms with Crippen LogP contribution in [-0.2, 0) is 16.0 Å². The fraction of sp³-hybridized carbons (Fsp3) is 0.154. The lowest BCUT2D eigenvalue weighted by atomic mass is 10.1. The number of amidine groups is 2. The van der Waals surface area contributed by atoms with Gasteiger partial charge in [-0.2, -0.15) is 0 Å². The average Bonchev–Trinajstić information content (AvgIpc) is 3.18. The highest BCUT2D eigenvalue weighted by Gasteiger charge is 2.42. The molecule has 2 heterocycles. The van der Waals surface area contributed by atoms with E-state index in [1.165, 1.54) is 17.0 Å². The van der Waals surface area contributed by atoms with Crippen LogP contribution in [0, 0.1) is 5.82 Å². The predicted octanol–water partition coefficient (Wildman–Crippen LogP) is 5.44. The van der Waals surface area contributed by atoms with Crippen molar-refractivity contribution in [2.45, 2.75) is 24.6 Å². The minimum Gasteiger partial charge on any atom is -0.323 e. The van der Waals surface area contributed by atoms with Gasteiger partial charge in [-0.15, -0.1) is 0 Å². The van der Waals surface area contributed by atoms with Crippen LogP contribution in [0.4, 0.5) is 15.8 Å². The second kappa shape index (κ2) is 9.64. The molecule has 2 aliphatic rings. The number of hydrogen-bond donors (Lipinski definition) is 1. The van der Waals surface area contributed by atoms with Gasteiger partial charge in [0.2, 0.25) is 5.91 Å². The first-order chi connectivity index (χ1) is 16.9. The van der Waals surface area contributed by atoms with Gasteiger partial charge in [-0.1, -0.05) is 65.8 Å². The molecule has 1 N–H and O–H groups in total. The number of para-hydroxylation sites is 1. The monoisotopic (exact) mass is 506 g/mol. The SMILES string of the molecule is C[C@H](SC1=Nc2ccccc2C2=N[C@@H](Cc3ccccc3)C(=O)N12)C(=O)Nc1ccc(Cl)cc1F. The lowest BCUT2D eigenvalue weighted by Crippen LogP contribution is -2.42. The number of hydrogen-bond acceptors (Lipinski definition) is 5. The van der Waals surface area contributed by atoms with E-state index in [2.05, 4.69) is 10.3 Å². The second-order valence-electron chi connectivity index (χ2n) is 8.12. The Bertz CT molecular complexity index is 1380. The number of aliphatic imine (C=N–C) groups is 2. The van der Waals surface area contributed by atoms with E-state index in [9.17, 15) is 14.0 Å². The van der Waals surface area contributed by atoms with E-state index >= 15 is 0 Å². The molecule has 0 saturated carbocycles. The molecule has 2 aliphatic heterocycles. The van der Waals surface area contributed by atoms with Crippen molar-refractivity contribution in [2.75, 3.05) is 5.32 Å². The van der Waals surface area contributed by atoms with E-state index in [1.807, 2.05) is 54.6 Å². The molecule has 9 heteroatoms. The number of anilines is 1. The summed E-state index contributed by atoms with van der Waals surface area (Å²) in [7, 11) is 0. The summed E-state index contributed by atoms with van der Waals surface area (Å²) in [5, 5.41) is 2.51. The van der Waals surface area contributed by atoms with E-state index in [0.29, 0.717) is 23.1 Å². The standard InChI is InChI=1S/C26H20ClFN4O2S/c1-15(24(33)30-21-12-11-17(27)14-19(21)28)35-26-31-20-10-6-5-9-18(20)23-29-22(25(34)32(23)26)13-16-7-3-2-4-8-16/h2-12,14-15,22H,13H2,1H3,(H,30,33)/t15-,22-/m0/s1. The van der Waals surface area contributed by atoms with Crippen molar-refractivity contribution in [2.24, 2.45) is 9.98 Å². The van der Waals surface area contributed by atoms with Crippen molar-refractivity contribution in [1.29, 1.82) is 0 Å². The zero-order valence-corrected chi connectivity index (χ0v) is 20.2. The quantitative estimate of drug-likeness (QED) is 0.500. The maximum atomic E-state index is 14.1. The molecule has 2 amide bonds. The first-order valence-corrected chi connectivity index (χ1v) is 12.2. The number of carbonyl (C=O) groups is 2. The first kappa shape index (κ1) is 23.3. The van der Waals surface area contributed by atoms with Crippen LogP contribution in [0.2, 0.25) is 5.02 Å². The van der Waals surface area contributed by atoms with Gasteiger partial charge in [0.25, 0.3) is 5.91 Å². The largest absolute Gasteiger partial charge is 0.323 e. The molecule has 0 radical (unpaired) electrons. The smallest absolute Gasteiger partial charge is 0.259 e. The topological polar surface area (TPSA) is 74.1 Å². The molecule has 0 fully saturated rings.